The second-order valence-corrected chi connectivity index (χ2v) is 5.50. The van der Waals surface area contributed by atoms with E-state index in [2.05, 4.69) is 4.98 Å². The highest BCUT2D eigenvalue weighted by atomic mass is 32.2. The van der Waals surface area contributed by atoms with Crippen LogP contribution in [-0.4, -0.2) is 13.0 Å². The van der Waals surface area contributed by atoms with Gasteiger partial charge >= 0.3 is 5.69 Å². The molecule has 104 valence electrons. The number of rotatable bonds is 1. The van der Waals surface area contributed by atoms with Crippen molar-refractivity contribution < 1.29 is 13.0 Å². The second-order valence-electron chi connectivity index (χ2n) is 4.16. The van der Waals surface area contributed by atoms with Crippen molar-refractivity contribution in [2.24, 2.45) is 0 Å². The lowest BCUT2D eigenvalue weighted by molar-refractivity contribution is 0.462. The number of nitrogens with zero attached hydrogens (tertiary/aromatic N) is 2. The van der Waals surface area contributed by atoms with Gasteiger partial charge in [0.25, 0.3) is 0 Å². The Balaban J connectivity index is 0.000000204. The molecule has 0 spiro atoms. The van der Waals surface area contributed by atoms with Crippen LogP contribution in [-0.2, 0) is 10.1 Å². The van der Waals surface area contributed by atoms with Gasteiger partial charge in [-0.25, -0.2) is 8.42 Å². The Morgan fingerprint density at radius 1 is 1.00 bits per heavy atom. The maximum atomic E-state index is 10.5. The Labute approximate surface area is 118 Å². The Morgan fingerprint density at radius 2 is 1.55 bits per heavy atom. The molecular formula is C14H14N2O3S. The van der Waals surface area contributed by atoms with E-state index >= 15 is 0 Å². The molecule has 0 aliphatic heterocycles. The molecule has 0 aliphatic carbocycles. The van der Waals surface area contributed by atoms with Crippen LogP contribution in [0, 0.1) is 19.2 Å². The van der Waals surface area contributed by atoms with Crippen LogP contribution in [0.25, 0.3) is 4.98 Å². The summed E-state index contributed by atoms with van der Waals surface area (Å²) < 4.78 is 31.5. The predicted octanol–water partition coefficient (Wildman–Crippen LogP) is 3.38. The third-order valence-corrected chi connectivity index (χ3v) is 3.51. The summed E-state index contributed by atoms with van der Waals surface area (Å²) in [4.78, 5) is 2.87. The summed E-state index contributed by atoms with van der Waals surface area (Å²) in [7, 11) is -4.28. The molecule has 6 heteroatoms. The highest BCUT2D eigenvalue weighted by Crippen LogP contribution is 2.12. The molecule has 0 saturated carbocycles. The minimum absolute atomic E-state index is 0.139. The maximum Gasteiger partial charge on any atom is 0.385 e. The Kier molecular flexibility index (Phi) is 5.38. The highest BCUT2D eigenvalue weighted by Gasteiger charge is 2.02. The third kappa shape index (κ3) is 4.80. The van der Waals surface area contributed by atoms with Crippen molar-refractivity contribution in [1.82, 2.24) is 0 Å². The molecular weight excluding hydrogens is 276 g/mol. The van der Waals surface area contributed by atoms with Crippen LogP contribution in [0.15, 0.2) is 53.4 Å². The molecule has 5 nitrogen and oxygen atoms in total. The van der Waals surface area contributed by atoms with Gasteiger partial charge in [0.1, 0.15) is 10.1 Å². The van der Waals surface area contributed by atoms with Crippen molar-refractivity contribution in [2.75, 3.05) is 0 Å². The Bertz CT molecular complexity index is 717. The van der Waals surface area contributed by atoms with Gasteiger partial charge in [0.2, 0.25) is 5.39 Å². The van der Waals surface area contributed by atoms with Crippen LogP contribution in [0.2, 0.25) is 0 Å². The van der Waals surface area contributed by atoms with Crippen molar-refractivity contribution >= 4 is 15.8 Å². The quantitative estimate of drug-likeness (QED) is 0.595. The lowest BCUT2D eigenvalue weighted by Crippen LogP contribution is -2.00. The lowest BCUT2D eigenvalue weighted by Gasteiger charge is -2.08. The van der Waals surface area contributed by atoms with Crippen molar-refractivity contribution in [1.29, 1.82) is 5.39 Å². The number of hydrogen-bond acceptors (Lipinski definition) is 4. The summed E-state index contributed by atoms with van der Waals surface area (Å²) in [5.74, 6) is 0. The van der Waals surface area contributed by atoms with E-state index in [1.807, 2.05) is 19.1 Å². The molecule has 0 saturated heterocycles. The normalized spacial score (nSPS) is 10.1. The zero-order valence-corrected chi connectivity index (χ0v) is 12.0. The first kappa shape index (κ1) is 15.8. The molecule has 2 aromatic rings. The van der Waals surface area contributed by atoms with Crippen LogP contribution in [0.4, 0.5) is 5.69 Å². The average Bonchev–Trinajstić information content (AvgIpc) is 2.39. The molecule has 0 fully saturated rings. The molecule has 0 aliphatic rings. The lowest BCUT2D eigenvalue weighted by atomic mass is 10.2. The summed E-state index contributed by atoms with van der Waals surface area (Å²) in [6, 6.07) is 13.4. The second kappa shape index (κ2) is 6.80. The molecule has 0 radical (unpaired) electrons. The van der Waals surface area contributed by atoms with Crippen molar-refractivity contribution in [3.05, 3.63) is 64.6 Å². The van der Waals surface area contributed by atoms with Crippen molar-refractivity contribution in [3.63, 3.8) is 0 Å². The maximum absolute atomic E-state index is 10.5. The fourth-order valence-electron chi connectivity index (χ4n) is 1.45. The van der Waals surface area contributed by atoms with Crippen LogP contribution < -0.4 is 0 Å². The van der Waals surface area contributed by atoms with Gasteiger partial charge in [-0.05, 0) is 25.5 Å². The van der Waals surface area contributed by atoms with Crippen LogP contribution >= 0.6 is 0 Å². The van der Waals surface area contributed by atoms with Gasteiger partial charge in [-0.3, -0.25) is 0 Å². The summed E-state index contributed by atoms with van der Waals surface area (Å²) in [5.41, 5.74) is 2.26. The molecule has 0 aromatic heterocycles. The largest absolute Gasteiger partial charge is 0.744 e. The standard InChI is InChI=1S/C7H7N2.C7H8O3S/c1-6-2-4-7(9-8)5-3-6;1-6-4-2-3-5-7(6)11(8,9)10/h2-5H,1H3;2-5H,1H3,(H,8,9,10)/q+1;/p-1. The molecule has 0 amide bonds. The minimum atomic E-state index is -4.28. The van der Waals surface area contributed by atoms with E-state index in [0.717, 1.165) is 0 Å². The SMILES string of the molecule is Cc1ccc([N+]#N)cc1.Cc1ccccc1S(=O)(=O)[O-]. The third-order valence-electron chi connectivity index (χ3n) is 2.51. The minimum Gasteiger partial charge on any atom is -0.744 e. The molecule has 20 heavy (non-hydrogen) atoms. The molecule has 2 rings (SSSR count). The van der Waals surface area contributed by atoms with Gasteiger partial charge in [-0.1, -0.05) is 35.9 Å². The van der Waals surface area contributed by atoms with E-state index in [9.17, 15) is 13.0 Å². The summed E-state index contributed by atoms with van der Waals surface area (Å²) >= 11 is 0. The van der Waals surface area contributed by atoms with E-state index in [1.165, 1.54) is 17.7 Å². The topological polar surface area (TPSA) is 85.3 Å². The van der Waals surface area contributed by atoms with Gasteiger partial charge in [0.15, 0.2) is 4.98 Å². The first-order valence-electron chi connectivity index (χ1n) is 5.78. The fraction of sp³-hybridized carbons (Fsp3) is 0.143. The molecule has 0 bridgehead atoms. The van der Waals surface area contributed by atoms with E-state index < -0.39 is 10.1 Å². The molecule has 0 heterocycles. The van der Waals surface area contributed by atoms with E-state index in [1.54, 1.807) is 31.2 Å². The summed E-state index contributed by atoms with van der Waals surface area (Å²) in [5, 5.41) is 8.25. The first-order chi connectivity index (χ1) is 9.34. The van der Waals surface area contributed by atoms with Crippen molar-refractivity contribution in [3.8, 4) is 0 Å². The zero-order chi connectivity index (χ0) is 15.2. The number of diazo groups is 1. The van der Waals surface area contributed by atoms with Crippen LogP contribution in [0.1, 0.15) is 11.1 Å². The number of hydrogen-bond donors (Lipinski definition) is 0. The molecule has 0 atom stereocenters. The first-order valence-corrected chi connectivity index (χ1v) is 7.18. The van der Waals surface area contributed by atoms with Crippen LogP contribution in [0.5, 0.6) is 0 Å². The zero-order valence-electron chi connectivity index (χ0n) is 11.1. The molecule has 2 aromatic carbocycles. The van der Waals surface area contributed by atoms with Crippen LogP contribution in [0.3, 0.4) is 0 Å². The van der Waals surface area contributed by atoms with Gasteiger partial charge in [-0.2, -0.15) is 0 Å². The monoisotopic (exact) mass is 290 g/mol. The number of benzene rings is 2. The smallest absolute Gasteiger partial charge is 0.385 e. The van der Waals surface area contributed by atoms with E-state index in [4.69, 9.17) is 5.39 Å². The average molecular weight is 290 g/mol. The summed E-state index contributed by atoms with van der Waals surface area (Å²) in [6.45, 7) is 3.58. The van der Waals surface area contributed by atoms with Crippen molar-refractivity contribution in [2.45, 2.75) is 18.7 Å². The Hall–Kier alpha value is -2.23. The fourth-order valence-corrected chi connectivity index (χ4v) is 2.16. The van der Waals surface area contributed by atoms with Gasteiger partial charge in [-0.15, -0.1) is 0 Å². The van der Waals surface area contributed by atoms with Gasteiger partial charge in [0.05, 0.1) is 4.90 Å². The van der Waals surface area contributed by atoms with E-state index in [-0.39, 0.29) is 4.90 Å². The Morgan fingerprint density at radius 3 is 1.95 bits per heavy atom. The highest BCUT2D eigenvalue weighted by molar-refractivity contribution is 7.85. The summed E-state index contributed by atoms with van der Waals surface area (Å²) in [6.07, 6.45) is 0. The van der Waals surface area contributed by atoms with Gasteiger partial charge in [0, 0.05) is 12.1 Å². The number of aryl methyl sites for hydroxylation is 2. The van der Waals surface area contributed by atoms with Gasteiger partial charge < -0.3 is 4.55 Å². The predicted molar refractivity (Wildman–Crippen MR) is 75.1 cm³/mol. The molecule has 0 unspecified atom stereocenters. The molecule has 0 N–H and O–H groups in total. The van der Waals surface area contributed by atoms with E-state index in [0.29, 0.717) is 11.3 Å².